The number of nitrogens with zero attached hydrogens (tertiary/aromatic N) is 6. The van der Waals surface area contributed by atoms with Gasteiger partial charge in [0.15, 0.2) is 0 Å². The van der Waals surface area contributed by atoms with Gasteiger partial charge in [0.2, 0.25) is 5.82 Å². The molecule has 0 bridgehead atoms. The molecule has 3 aromatic heterocycles. The largest absolute Gasteiger partial charge is 0.345 e. The molecule has 7 nitrogen and oxygen atoms in total. The summed E-state index contributed by atoms with van der Waals surface area (Å²) in [5.74, 6) is 1.38. The molecular weight excluding hydrogens is 256 g/mol. The van der Waals surface area contributed by atoms with E-state index >= 15 is 0 Å². The van der Waals surface area contributed by atoms with Crippen LogP contribution < -0.4 is 0 Å². The van der Waals surface area contributed by atoms with Gasteiger partial charge in [-0.25, -0.2) is 9.97 Å². The minimum absolute atomic E-state index is 0.347. The lowest BCUT2D eigenvalue weighted by atomic mass is 10.3. The maximum atomic E-state index is 8.89. The first-order chi connectivity index (χ1) is 9.67. The first-order valence-corrected chi connectivity index (χ1v) is 5.88. The highest BCUT2D eigenvalue weighted by Gasteiger charge is 2.15. The quantitative estimate of drug-likeness (QED) is 0.701. The zero-order valence-electron chi connectivity index (χ0n) is 10.9. The topological polar surface area (TPSA) is 93.4 Å². The molecule has 0 aromatic carbocycles. The van der Waals surface area contributed by atoms with Crippen LogP contribution in [-0.2, 0) is 7.05 Å². The highest BCUT2D eigenvalue weighted by molar-refractivity contribution is 5.56. The normalized spacial score (nSPS) is 10.4. The molecule has 0 radical (unpaired) electrons. The van der Waals surface area contributed by atoms with Crippen molar-refractivity contribution in [2.24, 2.45) is 7.05 Å². The summed E-state index contributed by atoms with van der Waals surface area (Å²) in [5.41, 5.74) is 1.83. The fraction of sp³-hybridized carbons (Fsp3) is 0.154. The third kappa shape index (κ3) is 2.03. The number of aromatic nitrogens is 5. The minimum Gasteiger partial charge on any atom is -0.345 e. The molecule has 7 heteroatoms. The molecule has 98 valence electrons. The number of hydrogen-bond acceptors (Lipinski definition) is 6. The van der Waals surface area contributed by atoms with Gasteiger partial charge in [-0.15, -0.1) is 0 Å². The van der Waals surface area contributed by atoms with Crippen LogP contribution in [0.4, 0.5) is 0 Å². The lowest BCUT2D eigenvalue weighted by Gasteiger charge is -1.95. The number of nitriles is 1. The molecule has 3 aromatic rings. The Bertz CT molecular complexity index is 810. The van der Waals surface area contributed by atoms with Gasteiger partial charge >= 0.3 is 0 Å². The molecule has 0 saturated carbocycles. The molecule has 0 fully saturated rings. The van der Waals surface area contributed by atoms with E-state index in [1.165, 1.54) is 0 Å². The number of hydrogen-bond donors (Lipinski definition) is 0. The summed E-state index contributed by atoms with van der Waals surface area (Å²) in [6.45, 7) is 1.79. The zero-order valence-corrected chi connectivity index (χ0v) is 10.9. The summed E-state index contributed by atoms with van der Waals surface area (Å²) in [6.07, 6.45) is 3.35. The predicted molar refractivity (Wildman–Crippen MR) is 69.2 cm³/mol. The fourth-order valence-electron chi connectivity index (χ4n) is 1.85. The summed E-state index contributed by atoms with van der Waals surface area (Å²) < 4.78 is 7.00. The van der Waals surface area contributed by atoms with Crippen LogP contribution in [0.1, 0.15) is 11.4 Å². The molecule has 0 N–H and O–H groups in total. The smallest absolute Gasteiger partial charge is 0.274 e. The van der Waals surface area contributed by atoms with Crippen molar-refractivity contribution < 1.29 is 4.52 Å². The van der Waals surface area contributed by atoms with E-state index in [-0.39, 0.29) is 0 Å². The molecule has 0 aliphatic carbocycles. The number of rotatable bonds is 2. The number of aryl methyl sites for hydroxylation is 2. The first kappa shape index (κ1) is 12.0. The average Bonchev–Trinajstić information content (AvgIpc) is 3.05. The van der Waals surface area contributed by atoms with Gasteiger partial charge in [-0.3, -0.25) is 0 Å². The second kappa shape index (κ2) is 4.59. The Morgan fingerprint density at radius 2 is 2.20 bits per heavy atom. The van der Waals surface area contributed by atoms with Gasteiger partial charge in [-0.1, -0.05) is 5.16 Å². The van der Waals surface area contributed by atoms with Gasteiger partial charge in [0.25, 0.3) is 5.89 Å². The lowest BCUT2D eigenvalue weighted by Crippen LogP contribution is -1.92. The van der Waals surface area contributed by atoms with Crippen LogP contribution in [0.3, 0.4) is 0 Å². The molecule has 0 spiro atoms. The molecule has 0 aliphatic heterocycles. The van der Waals surface area contributed by atoms with Crippen molar-refractivity contribution in [1.82, 2.24) is 24.7 Å². The average molecular weight is 266 g/mol. The van der Waals surface area contributed by atoms with Crippen molar-refractivity contribution in [3.05, 3.63) is 35.9 Å². The molecule has 0 saturated heterocycles. The Labute approximate surface area is 114 Å². The van der Waals surface area contributed by atoms with Crippen molar-refractivity contribution in [3.63, 3.8) is 0 Å². The maximum absolute atomic E-state index is 8.89. The van der Waals surface area contributed by atoms with Crippen LogP contribution in [0.2, 0.25) is 0 Å². The van der Waals surface area contributed by atoms with Gasteiger partial charge in [0, 0.05) is 19.4 Å². The second-order valence-corrected chi connectivity index (χ2v) is 4.25. The van der Waals surface area contributed by atoms with Crippen molar-refractivity contribution in [1.29, 1.82) is 5.26 Å². The Morgan fingerprint density at radius 1 is 1.35 bits per heavy atom. The summed E-state index contributed by atoms with van der Waals surface area (Å²) in [7, 11) is 1.81. The summed E-state index contributed by atoms with van der Waals surface area (Å²) in [5, 5.41) is 12.8. The lowest BCUT2D eigenvalue weighted by molar-refractivity contribution is 0.429. The highest BCUT2D eigenvalue weighted by atomic mass is 16.5. The first-order valence-electron chi connectivity index (χ1n) is 5.88. The molecule has 0 unspecified atom stereocenters. The van der Waals surface area contributed by atoms with E-state index in [1.807, 2.05) is 7.05 Å². The molecule has 0 atom stereocenters. The Kier molecular flexibility index (Phi) is 2.76. The molecule has 20 heavy (non-hydrogen) atoms. The van der Waals surface area contributed by atoms with Crippen LogP contribution in [0, 0.1) is 18.3 Å². The van der Waals surface area contributed by atoms with Gasteiger partial charge in [0.1, 0.15) is 23.3 Å². The van der Waals surface area contributed by atoms with E-state index < -0.39 is 0 Å². The third-order valence-electron chi connectivity index (χ3n) is 2.78. The van der Waals surface area contributed by atoms with Crippen LogP contribution in [-0.4, -0.2) is 24.7 Å². The van der Waals surface area contributed by atoms with E-state index in [0.29, 0.717) is 34.5 Å². The third-order valence-corrected chi connectivity index (χ3v) is 2.78. The van der Waals surface area contributed by atoms with Crippen molar-refractivity contribution in [2.45, 2.75) is 6.92 Å². The molecular formula is C13H10N6O. The summed E-state index contributed by atoms with van der Waals surface area (Å²) in [4.78, 5) is 12.6. The summed E-state index contributed by atoms with van der Waals surface area (Å²) >= 11 is 0. The van der Waals surface area contributed by atoms with E-state index in [1.54, 1.807) is 36.0 Å². The van der Waals surface area contributed by atoms with E-state index in [0.717, 1.165) is 0 Å². The van der Waals surface area contributed by atoms with Crippen molar-refractivity contribution >= 4 is 0 Å². The van der Waals surface area contributed by atoms with Gasteiger partial charge in [0.05, 0.1) is 5.56 Å². The molecule has 0 aliphatic rings. The van der Waals surface area contributed by atoms with Crippen LogP contribution in [0.15, 0.2) is 29.0 Å². The van der Waals surface area contributed by atoms with Crippen LogP contribution in [0.25, 0.3) is 23.1 Å². The Hall–Kier alpha value is -3.01. The Balaban J connectivity index is 2.02. The molecule has 3 heterocycles. The van der Waals surface area contributed by atoms with Gasteiger partial charge in [-0.05, 0) is 19.1 Å². The molecule has 3 rings (SSSR count). The van der Waals surface area contributed by atoms with Crippen molar-refractivity contribution in [2.75, 3.05) is 0 Å². The van der Waals surface area contributed by atoms with E-state index in [2.05, 4.69) is 26.2 Å². The van der Waals surface area contributed by atoms with Crippen molar-refractivity contribution in [3.8, 4) is 29.2 Å². The zero-order chi connectivity index (χ0) is 14.1. The molecule has 0 amide bonds. The van der Waals surface area contributed by atoms with E-state index in [4.69, 9.17) is 9.78 Å². The van der Waals surface area contributed by atoms with Crippen LogP contribution >= 0.6 is 0 Å². The minimum atomic E-state index is 0.347. The monoisotopic (exact) mass is 266 g/mol. The predicted octanol–water partition coefficient (Wildman–Crippen LogP) is 1.71. The summed E-state index contributed by atoms with van der Waals surface area (Å²) in [6, 6.07) is 5.49. The fourth-order valence-corrected chi connectivity index (χ4v) is 1.85. The van der Waals surface area contributed by atoms with Crippen LogP contribution in [0.5, 0.6) is 0 Å². The highest BCUT2D eigenvalue weighted by Crippen LogP contribution is 2.22. The van der Waals surface area contributed by atoms with Gasteiger partial charge in [-0.2, -0.15) is 10.2 Å². The standard InChI is InChI=1S/C13H10N6O/c1-8-15-4-3-10(16-8)12-17-13(20-18-12)11-5-9(6-14)7-19(11)2/h3-5,7H,1-2H3. The van der Waals surface area contributed by atoms with E-state index in [9.17, 15) is 0 Å². The van der Waals surface area contributed by atoms with Gasteiger partial charge < -0.3 is 9.09 Å². The maximum Gasteiger partial charge on any atom is 0.274 e. The SMILES string of the molecule is Cc1nccc(-c2noc(-c3cc(C#N)cn3C)n2)n1. The second-order valence-electron chi connectivity index (χ2n) is 4.25. The Morgan fingerprint density at radius 3 is 2.90 bits per heavy atom.